The van der Waals surface area contributed by atoms with Crippen molar-refractivity contribution in [2.24, 2.45) is 11.3 Å². The molecule has 3 heteroatoms. The summed E-state index contributed by atoms with van der Waals surface area (Å²) in [6.07, 6.45) is 5.29. The molecule has 2 aliphatic carbocycles. The standard InChI is InChI=1S/C25H30O3/c1-5-6-20-11-16(2)23(17(3)12-20)24-21(27)14-25(15-22(24)28)9-7-19(8-10-25)13-18(4)26/h11-12,19,24H,7-10,13-15H2,1-4H3. The minimum absolute atomic E-state index is 0.0711. The van der Waals surface area contributed by atoms with Crippen LogP contribution in [0.25, 0.3) is 0 Å². The van der Waals surface area contributed by atoms with E-state index in [0.29, 0.717) is 25.2 Å². The van der Waals surface area contributed by atoms with Crippen LogP contribution in [0, 0.1) is 37.0 Å². The van der Waals surface area contributed by atoms with Gasteiger partial charge in [-0.15, -0.1) is 5.92 Å². The van der Waals surface area contributed by atoms with Gasteiger partial charge in [-0.25, -0.2) is 0 Å². The van der Waals surface area contributed by atoms with E-state index in [0.717, 1.165) is 47.9 Å². The predicted molar refractivity (Wildman–Crippen MR) is 110 cm³/mol. The molecule has 3 nitrogen and oxygen atoms in total. The fourth-order valence-electron chi connectivity index (χ4n) is 5.41. The van der Waals surface area contributed by atoms with Crippen LogP contribution in [-0.4, -0.2) is 17.3 Å². The fourth-order valence-corrected chi connectivity index (χ4v) is 5.41. The van der Waals surface area contributed by atoms with Crippen LogP contribution in [0.3, 0.4) is 0 Å². The Balaban J connectivity index is 1.80. The van der Waals surface area contributed by atoms with Gasteiger partial charge in [0.15, 0.2) is 0 Å². The lowest BCUT2D eigenvalue weighted by Crippen LogP contribution is -2.42. The first kappa shape index (κ1) is 20.5. The minimum Gasteiger partial charge on any atom is -0.300 e. The molecule has 1 aromatic rings. The van der Waals surface area contributed by atoms with Crippen molar-refractivity contribution in [3.05, 3.63) is 34.4 Å². The van der Waals surface area contributed by atoms with Crippen LogP contribution in [0.2, 0.25) is 0 Å². The molecule has 0 amide bonds. The first-order chi connectivity index (χ1) is 13.2. The van der Waals surface area contributed by atoms with Crippen LogP contribution in [0.5, 0.6) is 0 Å². The van der Waals surface area contributed by atoms with E-state index in [1.165, 1.54) is 0 Å². The summed E-state index contributed by atoms with van der Waals surface area (Å²) in [6.45, 7) is 7.39. The SMILES string of the molecule is CC#Cc1cc(C)c(C2C(=O)CC3(CCC(CC(C)=O)CC3)CC2=O)c(C)c1. The van der Waals surface area contributed by atoms with E-state index in [9.17, 15) is 14.4 Å². The van der Waals surface area contributed by atoms with Gasteiger partial charge in [-0.05, 0) is 93.5 Å². The van der Waals surface area contributed by atoms with E-state index < -0.39 is 5.92 Å². The van der Waals surface area contributed by atoms with Gasteiger partial charge in [0, 0.05) is 24.8 Å². The average Bonchev–Trinajstić information content (AvgIpc) is 2.59. The van der Waals surface area contributed by atoms with Crippen molar-refractivity contribution in [3.8, 4) is 11.8 Å². The highest BCUT2D eigenvalue weighted by Crippen LogP contribution is 2.50. The molecule has 28 heavy (non-hydrogen) atoms. The Morgan fingerprint density at radius 1 is 1.07 bits per heavy atom. The molecule has 2 fully saturated rings. The van der Waals surface area contributed by atoms with Gasteiger partial charge < -0.3 is 4.79 Å². The van der Waals surface area contributed by atoms with Crippen molar-refractivity contribution in [3.63, 3.8) is 0 Å². The monoisotopic (exact) mass is 378 g/mol. The Hall–Kier alpha value is -2.21. The van der Waals surface area contributed by atoms with Crippen molar-refractivity contribution in [2.45, 2.75) is 78.6 Å². The van der Waals surface area contributed by atoms with Gasteiger partial charge in [-0.2, -0.15) is 0 Å². The van der Waals surface area contributed by atoms with Crippen LogP contribution in [0.4, 0.5) is 0 Å². The molecule has 0 heterocycles. The average molecular weight is 379 g/mol. The Labute approximate surface area is 168 Å². The summed E-state index contributed by atoms with van der Waals surface area (Å²) < 4.78 is 0. The topological polar surface area (TPSA) is 51.2 Å². The van der Waals surface area contributed by atoms with Gasteiger partial charge in [0.25, 0.3) is 0 Å². The van der Waals surface area contributed by atoms with Gasteiger partial charge in [-0.1, -0.05) is 5.92 Å². The van der Waals surface area contributed by atoms with E-state index in [4.69, 9.17) is 0 Å². The van der Waals surface area contributed by atoms with Crippen LogP contribution < -0.4 is 0 Å². The maximum atomic E-state index is 13.2. The van der Waals surface area contributed by atoms with E-state index >= 15 is 0 Å². The maximum Gasteiger partial charge on any atom is 0.148 e. The van der Waals surface area contributed by atoms with Crippen LogP contribution in [0.1, 0.15) is 87.0 Å². The van der Waals surface area contributed by atoms with E-state index in [2.05, 4.69) is 11.8 Å². The number of benzene rings is 1. The van der Waals surface area contributed by atoms with Crippen molar-refractivity contribution in [1.29, 1.82) is 0 Å². The molecule has 0 aromatic heterocycles. The number of rotatable bonds is 3. The highest BCUT2D eigenvalue weighted by molar-refractivity contribution is 6.10. The lowest BCUT2D eigenvalue weighted by molar-refractivity contribution is -0.138. The second kappa shape index (κ2) is 8.03. The number of ketones is 3. The minimum atomic E-state index is -0.621. The van der Waals surface area contributed by atoms with Gasteiger partial charge in [0.2, 0.25) is 0 Å². The zero-order valence-electron chi connectivity index (χ0n) is 17.5. The smallest absolute Gasteiger partial charge is 0.148 e. The summed E-state index contributed by atoms with van der Waals surface area (Å²) in [7, 11) is 0. The second-order valence-electron chi connectivity index (χ2n) is 8.97. The molecular formula is C25H30O3. The molecule has 0 bridgehead atoms. The molecule has 3 rings (SSSR count). The third-order valence-corrected chi connectivity index (χ3v) is 6.64. The predicted octanol–water partition coefficient (Wildman–Crippen LogP) is 4.85. The zero-order valence-corrected chi connectivity index (χ0v) is 17.5. The molecule has 1 spiro atoms. The molecule has 1 aromatic carbocycles. The quantitative estimate of drug-likeness (QED) is 0.558. The number of hydrogen-bond acceptors (Lipinski definition) is 3. The van der Waals surface area contributed by atoms with Crippen molar-refractivity contribution in [2.75, 3.05) is 0 Å². The summed E-state index contributed by atoms with van der Waals surface area (Å²) in [5.74, 6) is 6.14. The summed E-state index contributed by atoms with van der Waals surface area (Å²) in [5, 5.41) is 0. The molecule has 148 valence electrons. The Morgan fingerprint density at radius 2 is 1.61 bits per heavy atom. The van der Waals surface area contributed by atoms with Crippen LogP contribution >= 0.6 is 0 Å². The van der Waals surface area contributed by atoms with E-state index in [1.807, 2.05) is 26.0 Å². The van der Waals surface area contributed by atoms with Crippen molar-refractivity contribution < 1.29 is 14.4 Å². The number of hydrogen-bond donors (Lipinski definition) is 0. The summed E-state index contributed by atoms with van der Waals surface area (Å²) >= 11 is 0. The molecule has 2 aliphatic rings. The van der Waals surface area contributed by atoms with E-state index in [1.54, 1.807) is 13.8 Å². The van der Waals surface area contributed by atoms with Crippen LogP contribution in [-0.2, 0) is 14.4 Å². The first-order valence-electron chi connectivity index (χ1n) is 10.3. The Bertz CT molecular complexity index is 830. The third-order valence-electron chi connectivity index (χ3n) is 6.64. The largest absolute Gasteiger partial charge is 0.300 e. The first-order valence-corrected chi connectivity index (χ1v) is 10.3. The van der Waals surface area contributed by atoms with Gasteiger partial charge >= 0.3 is 0 Å². The number of Topliss-reactive ketones (excluding diaryl/α,β-unsaturated/α-hetero) is 3. The highest BCUT2D eigenvalue weighted by atomic mass is 16.2. The lowest BCUT2D eigenvalue weighted by Gasteiger charge is -2.43. The zero-order chi connectivity index (χ0) is 20.5. The molecule has 0 aliphatic heterocycles. The molecule has 0 atom stereocenters. The Morgan fingerprint density at radius 3 is 2.07 bits per heavy atom. The number of carbonyl (C=O) groups is 3. The van der Waals surface area contributed by atoms with Crippen molar-refractivity contribution >= 4 is 17.3 Å². The van der Waals surface area contributed by atoms with Crippen molar-refractivity contribution in [1.82, 2.24) is 0 Å². The summed E-state index contributed by atoms with van der Waals surface area (Å²) in [5.41, 5.74) is 3.60. The van der Waals surface area contributed by atoms with E-state index in [-0.39, 0.29) is 22.8 Å². The second-order valence-corrected chi connectivity index (χ2v) is 8.97. The fraction of sp³-hybridized carbons (Fsp3) is 0.560. The molecule has 0 saturated heterocycles. The van der Waals surface area contributed by atoms with Gasteiger partial charge in [0.05, 0.1) is 0 Å². The molecule has 0 radical (unpaired) electrons. The Kier molecular flexibility index (Phi) is 5.89. The molecule has 0 N–H and O–H groups in total. The molecular weight excluding hydrogens is 348 g/mol. The third kappa shape index (κ3) is 4.12. The van der Waals surface area contributed by atoms with Gasteiger partial charge in [0.1, 0.15) is 23.3 Å². The normalized spacial score (nSPS) is 27.4. The summed E-state index contributed by atoms with van der Waals surface area (Å²) in [6, 6.07) is 3.97. The van der Waals surface area contributed by atoms with Crippen LogP contribution in [0.15, 0.2) is 12.1 Å². The van der Waals surface area contributed by atoms with Gasteiger partial charge in [-0.3, -0.25) is 9.59 Å². The maximum absolute atomic E-state index is 13.2. The lowest BCUT2D eigenvalue weighted by atomic mass is 9.59. The number of aryl methyl sites for hydroxylation is 2. The summed E-state index contributed by atoms with van der Waals surface area (Å²) in [4.78, 5) is 37.7. The highest BCUT2D eigenvalue weighted by Gasteiger charge is 2.47. The molecule has 0 unspecified atom stereocenters. The number of carbonyl (C=O) groups excluding carboxylic acids is 3. The molecule has 2 saturated carbocycles.